The SMILES string of the molecule is CCCSc1cc(C(=O)O)cc(S(N)(=O)=O)c1-c1ccccc1. The lowest BCUT2D eigenvalue weighted by Crippen LogP contribution is -2.15. The standard InChI is InChI=1S/C16H17NO4S2/c1-2-8-22-13-9-12(16(18)19)10-14(23(17,20)21)15(13)11-6-4-3-5-7-11/h3-7,9-10H,2,8H2,1H3,(H,18,19)(H2,17,20,21). The second kappa shape index (κ2) is 7.16. The molecule has 0 heterocycles. The van der Waals surface area contributed by atoms with Gasteiger partial charge in [0, 0.05) is 10.5 Å². The molecule has 0 fully saturated rings. The van der Waals surface area contributed by atoms with Crippen molar-refractivity contribution in [2.24, 2.45) is 5.14 Å². The number of sulfonamides is 1. The van der Waals surface area contributed by atoms with Gasteiger partial charge in [0.15, 0.2) is 0 Å². The van der Waals surface area contributed by atoms with E-state index in [0.29, 0.717) is 16.0 Å². The molecule has 0 aliphatic rings. The van der Waals surface area contributed by atoms with Gasteiger partial charge in [-0.1, -0.05) is 37.3 Å². The zero-order chi connectivity index (χ0) is 17.0. The second-order valence-corrected chi connectivity index (χ2v) is 7.58. The van der Waals surface area contributed by atoms with Crippen LogP contribution < -0.4 is 5.14 Å². The summed E-state index contributed by atoms with van der Waals surface area (Å²) in [4.78, 5) is 11.7. The number of carbonyl (C=O) groups is 1. The molecule has 0 unspecified atom stereocenters. The Kier molecular flexibility index (Phi) is 5.46. The number of aromatic carboxylic acids is 1. The van der Waals surface area contributed by atoms with Crippen LogP contribution in [0, 0.1) is 0 Å². The number of carboxylic acids is 1. The smallest absolute Gasteiger partial charge is 0.335 e. The molecule has 0 aliphatic carbocycles. The van der Waals surface area contributed by atoms with Crippen molar-refractivity contribution in [2.75, 3.05) is 5.75 Å². The van der Waals surface area contributed by atoms with E-state index in [1.165, 1.54) is 17.8 Å². The molecule has 0 radical (unpaired) electrons. The maximum Gasteiger partial charge on any atom is 0.335 e. The number of benzene rings is 2. The Bertz CT molecular complexity index is 817. The van der Waals surface area contributed by atoms with E-state index < -0.39 is 16.0 Å². The van der Waals surface area contributed by atoms with Gasteiger partial charge in [-0.2, -0.15) is 0 Å². The summed E-state index contributed by atoms with van der Waals surface area (Å²) < 4.78 is 24.0. The molecule has 0 bridgehead atoms. The Morgan fingerprint density at radius 1 is 1.22 bits per heavy atom. The summed E-state index contributed by atoms with van der Waals surface area (Å²) in [5.41, 5.74) is 1.05. The minimum Gasteiger partial charge on any atom is -0.478 e. The zero-order valence-corrected chi connectivity index (χ0v) is 14.2. The number of rotatable bonds is 6. The van der Waals surface area contributed by atoms with Crippen molar-refractivity contribution in [2.45, 2.75) is 23.1 Å². The lowest BCUT2D eigenvalue weighted by atomic mass is 10.0. The largest absolute Gasteiger partial charge is 0.478 e. The Morgan fingerprint density at radius 2 is 1.87 bits per heavy atom. The van der Waals surface area contributed by atoms with Gasteiger partial charge in [-0.05, 0) is 29.9 Å². The third-order valence-corrected chi connectivity index (χ3v) is 5.32. The van der Waals surface area contributed by atoms with Gasteiger partial charge in [0.1, 0.15) is 0 Å². The van der Waals surface area contributed by atoms with Crippen molar-refractivity contribution in [3.8, 4) is 11.1 Å². The summed E-state index contributed by atoms with van der Waals surface area (Å²) in [6.45, 7) is 2.00. The first-order valence-corrected chi connectivity index (χ1v) is 9.50. The monoisotopic (exact) mass is 351 g/mol. The van der Waals surface area contributed by atoms with E-state index in [1.807, 2.05) is 13.0 Å². The molecule has 0 aromatic heterocycles. The van der Waals surface area contributed by atoms with Crippen LogP contribution in [0.5, 0.6) is 0 Å². The van der Waals surface area contributed by atoms with Crippen LogP contribution in [-0.2, 0) is 10.0 Å². The Morgan fingerprint density at radius 3 is 2.39 bits per heavy atom. The maximum absolute atomic E-state index is 12.0. The average molecular weight is 351 g/mol. The van der Waals surface area contributed by atoms with Crippen LogP contribution in [0.2, 0.25) is 0 Å². The van der Waals surface area contributed by atoms with Crippen molar-refractivity contribution >= 4 is 27.8 Å². The van der Waals surface area contributed by atoms with E-state index in [9.17, 15) is 18.3 Å². The molecule has 2 rings (SSSR count). The van der Waals surface area contributed by atoms with E-state index in [0.717, 1.165) is 18.2 Å². The number of nitrogens with two attached hydrogens (primary N) is 1. The third kappa shape index (κ3) is 4.13. The predicted molar refractivity (Wildman–Crippen MR) is 91.2 cm³/mol. The highest BCUT2D eigenvalue weighted by molar-refractivity contribution is 7.99. The third-order valence-electron chi connectivity index (χ3n) is 3.14. The Labute approximate surface area is 139 Å². The number of hydrogen-bond acceptors (Lipinski definition) is 4. The minimum atomic E-state index is -4.06. The fraction of sp³-hybridized carbons (Fsp3) is 0.188. The first-order valence-electron chi connectivity index (χ1n) is 6.97. The van der Waals surface area contributed by atoms with Gasteiger partial charge in [-0.25, -0.2) is 18.4 Å². The van der Waals surface area contributed by atoms with Crippen molar-refractivity contribution in [1.82, 2.24) is 0 Å². The molecular formula is C16H17NO4S2. The lowest BCUT2D eigenvalue weighted by Gasteiger charge is -2.15. The van der Waals surface area contributed by atoms with Crippen LogP contribution in [0.1, 0.15) is 23.7 Å². The molecule has 0 saturated heterocycles. The molecule has 2 aromatic carbocycles. The van der Waals surface area contributed by atoms with Gasteiger partial charge in [-0.15, -0.1) is 11.8 Å². The van der Waals surface area contributed by atoms with Crippen molar-refractivity contribution in [3.63, 3.8) is 0 Å². The zero-order valence-electron chi connectivity index (χ0n) is 12.5. The van der Waals surface area contributed by atoms with E-state index >= 15 is 0 Å². The predicted octanol–water partition coefficient (Wildman–Crippen LogP) is 3.20. The van der Waals surface area contributed by atoms with Gasteiger partial charge in [-0.3, -0.25) is 0 Å². The summed E-state index contributed by atoms with van der Waals surface area (Å²) in [6.07, 6.45) is 0.876. The summed E-state index contributed by atoms with van der Waals surface area (Å²) in [7, 11) is -4.06. The molecule has 23 heavy (non-hydrogen) atoms. The van der Waals surface area contributed by atoms with Crippen molar-refractivity contribution < 1.29 is 18.3 Å². The van der Waals surface area contributed by atoms with Gasteiger partial charge >= 0.3 is 5.97 Å². The van der Waals surface area contributed by atoms with E-state index in [1.54, 1.807) is 24.3 Å². The maximum atomic E-state index is 12.0. The fourth-order valence-corrected chi connectivity index (χ4v) is 4.03. The van der Waals surface area contributed by atoms with Gasteiger partial charge in [0.2, 0.25) is 10.0 Å². The van der Waals surface area contributed by atoms with Crippen LogP contribution in [0.25, 0.3) is 11.1 Å². The molecule has 3 N–H and O–H groups in total. The average Bonchev–Trinajstić information content (AvgIpc) is 2.51. The molecule has 2 aromatic rings. The Balaban J connectivity index is 2.81. The quantitative estimate of drug-likeness (QED) is 0.779. The summed E-state index contributed by atoms with van der Waals surface area (Å²) >= 11 is 1.42. The first kappa shape index (κ1) is 17.5. The lowest BCUT2D eigenvalue weighted by molar-refractivity contribution is 0.0696. The van der Waals surface area contributed by atoms with Crippen molar-refractivity contribution in [1.29, 1.82) is 0 Å². The summed E-state index contributed by atoms with van der Waals surface area (Å²) in [5.74, 6) is -0.444. The van der Waals surface area contributed by atoms with Crippen LogP contribution in [0.15, 0.2) is 52.3 Å². The highest BCUT2D eigenvalue weighted by Crippen LogP contribution is 2.37. The molecule has 5 nitrogen and oxygen atoms in total. The summed E-state index contributed by atoms with van der Waals surface area (Å²) in [5, 5.41) is 14.6. The van der Waals surface area contributed by atoms with Crippen LogP contribution >= 0.6 is 11.8 Å². The number of carboxylic acid groups (broad SMARTS) is 1. The van der Waals surface area contributed by atoms with Crippen LogP contribution in [0.4, 0.5) is 0 Å². The van der Waals surface area contributed by atoms with E-state index in [4.69, 9.17) is 5.14 Å². The van der Waals surface area contributed by atoms with Crippen LogP contribution in [-0.4, -0.2) is 25.2 Å². The number of thioether (sulfide) groups is 1. The molecular weight excluding hydrogens is 334 g/mol. The molecule has 0 aliphatic heterocycles. The van der Waals surface area contributed by atoms with Gasteiger partial charge < -0.3 is 5.11 Å². The first-order chi connectivity index (χ1) is 10.8. The molecule has 0 amide bonds. The second-order valence-electron chi connectivity index (χ2n) is 4.91. The fourth-order valence-electron chi connectivity index (χ4n) is 2.15. The Hall–Kier alpha value is -1.83. The van der Waals surface area contributed by atoms with Crippen molar-refractivity contribution in [3.05, 3.63) is 48.0 Å². The van der Waals surface area contributed by atoms with Crippen LogP contribution in [0.3, 0.4) is 0 Å². The highest BCUT2D eigenvalue weighted by atomic mass is 32.2. The minimum absolute atomic E-state index is 0.0905. The topological polar surface area (TPSA) is 97.5 Å². The molecule has 122 valence electrons. The molecule has 0 saturated carbocycles. The van der Waals surface area contributed by atoms with Gasteiger partial charge in [0.25, 0.3) is 0 Å². The molecule has 7 heteroatoms. The van der Waals surface area contributed by atoms with E-state index in [2.05, 4.69) is 0 Å². The molecule has 0 spiro atoms. The van der Waals surface area contributed by atoms with Gasteiger partial charge in [0.05, 0.1) is 10.5 Å². The van der Waals surface area contributed by atoms with E-state index in [-0.39, 0.29) is 10.5 Å². The molecule has 0 atom stereocenters. The number of hydrogen-bond donors (Lipinski definition) is 2. The summed E-state index contributed by atoms with van der Waals surface area (Å²) in [6, 6.07) is 11.6. The highest BCUT2D eigenvalue weighted by Gasteiger charge is 2.22. The normalized spacial score (nSPS) is 11.4. The number of primary sulfonamides is 1.